The van der Waals surface area contributed by atoms with Gasteiger partial charge < -0.3 is 10.1 Å². The number of rotatable bonds is 8. The lowest BCUT2D eigenvalue weighted by Gasteiger charge is -2.40. The molecule has 1 N–H and O–H groups in total. The number of nitrogens with zero attached hydrogens (tertiary/aromatic N) is 4. The Balaban J connectivity index is 1.24. The van der Waals surface area contributed by atoms with E-state index in [0.717, 1.165) is 39.0 Å². The number of ether oxygens (including phenoxy) is 1. The van der Waals surface area contributed by atoms with Gasteiger partial charge in [0, 0.05) is 38.3 Å². The van der Waals surface area contributed by atoms with Gasteiger partial charge in [0.1, 0.15) is 18.4 Å². The van der Waals surface area contributed by atoms with Gasteiger partial charge in [-0.1, -0.05) is 0 Å². The predicted molar refractivity (Wildman–Crippen MR) is 107 cm³/mol. The first-order chi connectivity index (χ1) is 14.2. The molecule has 2 saturated heterocycles. The normalized spacial score (nSPS) is 23.9. The van der Waals surface area contributed by atoms with Gasteiger partial charge in [-0.25, -0.2) is 0 Å². The van der Waals surface area contributed by atoms with Crippen molar-refractivity contribution in [1.29, 1.82) is 10.5 Å². The van der Waals surface area contributed by atoms with E-state index in [4.69, 9.17) is 10.00 Å². The molecule has 1 amide bonds. The molecule has 3 aliphatic rings. The summed E-state index contributed by atoms with van der Waals surface area (Å²) in [4.78, 5) is 16.9. The number of hydrogen-bond acceptors (Lipinski definition) is 6. The number of amides is 1. The largest absolute Gasteiger partial charge is 0.491 e. The van der Waals surface area contributed by atoms with Crippen molar-refractivity contribution in [2.75, 3.05) is 39.3 Å². The molecule has 1 aromatic rings. The molecule has 7 nitrogen and oxygen atoms in total. The van der Waals surface area contributed by atoms with Crippen LogP contribution in [0.4, 0.5) is 0 Å². The maximum Gasteiger partial charge on any atom is 0.234 e. The first-order valence-electron chi connectivity index (χ1n) is 10.5. The van der Waals surface area contributed by atoms with Crippen LogP contribution in [0.15, 0.2) is 18.2 Å². The Labute approximate surface area is 171 Å². The third kappa shape index (κ3) is 4.87. The third-order valence-electron chi connectivity index (χ3n) is 6.20. The summed E-state index contributed by atoms with van der Waals surface area (Å²) >= 11 is 0. The van der Waals surface area contributed by atoms with Crippen LogP contribution in [0.25, 0.3) is 0 Å². The minimum atomic E-state index is 0.151. The zero-order valence-corrected chi connectivity index (χ0v) is 16.6. The number of nitrogens with one attached hydrogen (secondary N) is 1. The van der Waals surface area contributed by atoms with E-state index >= 15 is 0 Å². The van der Waals surface area contributed by atoms with Crippen molar-refractivity contribution >= 4 is 5.91 Å². The number of benzene rings is 1. The number of carbonyl (C=O) groups is 1. The maximum absolute atomic E-state index is 12.2. The Kier molecular flexibility index (Phi) is 5.99. The van der Waals surface area contributed by atoms with Crippen LogP contribution in [0.3, 0.4) is 0 Å². The highest BCUT2D eigenvalue weighted by Gasteiger charge is 2.39. The number of hydrogen-bond donors (Lipinski definition) is 1. The highest BCUT2D eigenvalue weighted by molar-refractivity contribution is 5.78. The summed E-state index contributed by atoms with van der Waals surface area (Å²) < 4.78 is 5.86. The van der Waals surface area contributed by atoms with Gasteiger partial charge in [0.2, 0.25) is 5.91 Å². The molecular formula is C22H27N5O2. The fourth-order valence-electron chi connectivity index (χ4n) is 4.48. The van der Waals surface area contributed by atoms with E-state index < -0.39 is 0 Å². The van der Waals surface area contributed by atoms with Crippen LogP contribution in [0.1, 0.15) is 36.8 Å². The van der Waals surface area contributed by atoms with E-state index in [1.54, 1.807) is 18.2 Å². The van der Waals surface area contributed by atoms with E-state index in [2.05, 4.69) is 21.2 Å². The molecule has 29 heavy (non-hydrogen) atoms. The standard InChI is InChI=1S/C22H27N5O2/c23-10-17-3-6-21(18(9-17)11-24)29-8-7-27-19-4-5-20(27)14-26(13-19)15-22(28)25-12-16-1-2-16/h3,6,9,16,19-20H,1-2,4-5,7-8,12-15H2,(H,25,28). The summed E-state index contributed by atoms with van der Waals surface area (Å²) in [6.45, 7) is 4.50. The molecular weight excluding hydrogens is 366 g/mol. The van der Waals surface area contributed by atoms with Crippen LogP contribution in [-0.2, 0) is 4.79 Å². The minimum Gasteiger partial charge on any atom is -0.491 e. The lowest BCUT2D eigenvalue weighted by atomic mass is 10.1. The Morgan fingerprint density at radius 2 is 1.90 bits per heavy atom. The maximum atomic E-state index is 12.2. The highest BCUT2D eigenvalue weighted by atomic mass is 16.5. The average Bonchev–Trinajstić information content (AvgIpc) is 3.52. The second kappa shape index (κ2) is 8.82. The van der Waals surface area contributed by atoms with Crippen molar-refractivity contribution in [3.8, 4) is 17.9 Å². The Morgan fingerprint density at radius 1 is 1.14 bits per heavy atom. The summed E-state index contributed by atoms with van der Waals surface area (Å²) in [6.07, 6.45) is 4.82. The first kappa shape index (κ1) is 19.7. The van der Waals surface area contributed by atoms with Gasteiger partial charge in [-0.3, -0.25) is 14.6 Å². The van der Waals surface area contributed by atoms with Crippen molar-refractivity contribution in [1.82, 2.24) is 15.1 Å². The minimum absolute atomic E-state index is 0.151. The Morgan fingerprint density at radius 3 is 2.55 bits per heavy atom. The van der Waals surface area contributed by atoms with Gasteiger partial charge in [0.05, 0.1) is 23.7 Å². The van der Waals surface area contributed by atoms with Crippen LogP contribution in [0, 0.1) is 28.6 Å². The molecule has 2 bridgehead atoms. The lowest BCUT2D eigenvalue weighted by Crippen LogP contribution is -2.56. The summed E-state index contributed by atoms with van der Waals surface area (Å²) in [5, 5.41) is 21.3. The topological polar surface area (TPSA) is 92.4 Å². The zero-order chi connectivity index (χ0) is 20.2. The van der Waals surface area contributed by atoms with Crippen LogP contribution in [0.2, 0.25) is 0 Å². The van der Waals surface area contributed by atoms with Gasteiger partial charge in [-0.2, -0.15) is 10.5 Å². The van der Waals surface area contributed by atoms with Crippen molar-refractivity contribution in [3.05, 3.63) is 29.3 Å². The predicted octanol–water partition coefficient (Wildman–Crippen LogP) is 1.48. The van der Waals surface area contributed by atoms with Gasteiger partial charge in [-0.05, 0) is 49.8 Å². The quantitative estimate of drug-likeness (QED) is 0.719. The van der Waals surface area contributed by atoms with Crippen molar-refractivity contribution in [2.45, 2.75) is 37.8 Å². The second-order valence-corrected chi connectivity index (χ2v) is 8.35. The van der Waals surface area contributed by atoms with Crippen LogP contribution < -0.4 is 10.1 Å². The average molecular weight is 393 g/mol. The molecule has 152 valence electrons. The van der Waals surface area contributed by atoms with E-state index in [-0.39, 0.29) is 5.91 Å². The molecule has 1 aliphatic carbocycles. The van der Waals surface area contributed by atoms with Crippen molar-refractivity contribution in [2.24, 2.45) is 5.92 Å². The van der Waals surface area contributed by atoms with E-state index in [9.17, 15) is 10.1 Å². The van der Waals surface area contributed by atoms with E-state index in [1.165, 1.54) is 12.8 Å². The number of carbonyl (C=O) groups excluding carboxylic acids is 1. The molecule has 3 fully saturated rings. The number of piperazine rings is 1. The van der Waals surface area contributed by atoms with Crippen molar-refractivity contribution < 1.29 is 9.53 Å². The summed E-state index contributed by atoms with van der Waals surface area (Å²) in [7, 11) is 0. The van der Waals surface area contributed by atoms with Gasteiger partial charge in [0.15, 0.2) is 0 Å². The molecule has 2 unspecified atom stereocenters. The highest BCUT2D eigenvalue weighted by Crippen LogP contribution is 2.30. The Hall–Kier alpha value is -2.61. The molecule has 7 heteroatoms. The Bertz CT molecular complexity index is 825. The molecule has 1 aromatic carbocycles. The number of fused-ring (bicyclic) bond motifs is 2. The molecule has 2 heterocycles. The third-order valence-corrected chi connectivity index (χ3v) is 6.20. The van der Waals surface area contributed by atoms with Crippen LogP contribution in [-0.4, -0.2) is 67.1 Å². The fourth-order valence-corrected chi connectivity index (χ4v) is 4.48. The summed E-state index contributed by atoms with van der Waals surface area (Å²) in [6, 6.07) is 10.0. The fraction of sp³-hybridized carbons (Fsp3) is 0.591. The van der Waals surface area contributed by atoms with Gasteiger partial charge in [0.25, 0.3) is 0 Å². The van der Waals surface area contributed by atoms with E-state index in [0.29, 0.717) is 48.0 Å². The monoisotopic (exact) mass is 393 g/mol. The number of nitriles is 2. The molecule has 1 saturated carbocycles. The lowest BCUT2D eigenvalue weighted by molar-refractivity contribution is -0.123. The molecule has 0 aromatic heterocycles. The van der Waals surface area contributed by atoms with E-state index in [1.807, 2.05) is 6.07 Å². The van der Waals surface area contributed by atoms with Crippen LogP contribution in [0.5, 0.6) is 5.75 Å². The second-order valence-electron chi connectivity index (χ2n) is 8.35. The van der Waals surface area contributed by atoms with Gasteiger partial charge in [-0.15, -0.1) is 0 Å². The molecule has 2 aliphatic heterocycles. The molecule has 0 spiro atoms. The molecule has 2 atom stereocenters. The van der Waals surface area contributed by atoms with Crippen LogP contribution >= 0.6 is 0 Å². The summed E-state index contributed by atoms with van der Waals surface area (Å²) in [5.74, 6) is 1.40. The SMILES string of the molecule is N#Cc1ccc(OCCN2C3CCC2CN(CC(=O)NCC2CC2)C3)c(C#N)c1. The molecule has 0 radical (unpaired) electrons. The van der Waals surface area contributed by atoms with Gasteiger partial charge >= 0.3 is 0 Å². The smallest absolute Gasteiger partial charge is 0.234 e. The molecule has 4 rings (SSSR count). The number of likely N-dealkylation sites (tertiary alicyclic amines) is 1. The zero-order valence-electron chi connectivity index (χ0n) is 16.6. The van der Waals surface area contributed by atoms with Crippen molar-refractivity contribution in [3.63, 3.8) is 0 Å². The first-order valence-corrected chi connectivity index (χ1v) is 10.5. The summed E-state index contributed by atoms with van der Waals surface area (Å²) in [5.41, 5.74) is 0.860.